The second-order valence-corrected chi connectivity index (χ2v) is 7.49. The Hall–Kier alpha value is -1.17. The molecule has 5 nitrogen and oxygen atoms in total. The number of methoxy groups -OCH3 is 1. The van der Waals surface area contributed by atoms with Gasteiger partial charge in [0.15, 0.2) is 11.4 Å². The van der Waals surface area contributed by atoms with E-state index >= 15 is 0 Å². The molecule has 23 heavy (non-hydrogen) atoms. The van der Waals surface area contributed by atoms with E-state index in [9.17, 15) is 15.0 Å². The molecular formula is C18H26O5. The molecule has 5 atom stereocenters. The van der Waals surface area contributed by atoms with Crippen LogP contribution in [-0.4, -0.2) is 47.0 Å². The highest BCUT2D eigenvalue weighted by molar-refractivity contribution is 5.93. The SMILES string of the molecule is C=C(C)C1CCC(C)(O)C1CC1=C(OC)C2CC(=O)C1(O)CO2. The third-order valence-corrected chi connectivity index (χ3v) is 5.94. The van der Waals surface area contributed by atoms with Gasteiger partial charge in [-0.3, -0.25) is 4.79 Å². The van der Waals surface area contributed by atoms with Crippen LogP contribution in [0.5, 0.6) is 0 Å². The van der Waals surface area contributed by atoms with Gasteiger partial charge in [0.05, 0.1) is 19.3 Å². The fourth-order valence-corrected chi connectivity index (χ4v) is 4.48. The van der Waals surface area contributed by atoms with E-state index < -0.39 is 17.3 Å². The highest BCUT2D eigenvalue weighted by atomic mass is 16.5. The smallest absolute Gasteiger partial charge is 0.174 e. The van der Waals surface area contributed by atoms with Crippen molar-refractivity contribution in [1.29, 1.82) is 0 Å². The molecule has 2 fully saturated rings. The molecule has 1 saturated heterocycles. The summed E-state index contributed by atoms with van der Waals surface area (Å²) in [5, 5.41) is 21.7. The van der Waals surface area contributed by atoms with Crippen LogP contribution in [0, 0.1) is 11.8 Å². The van der Waals surface area contributed by atoms with Crippen molar-refractivity contribution in [2.45, 2.75) is 56.8 Å². The first kappa shape index (κ1) is 16.7. The summed E-state index contributed by atoms with van der Waals surface area (Å²) in [5.74, 6) is 0.433. The number of ketones is 1. The summed E-state index contributed by atoms with van der Waals surface area (Å²) in [7, 11) is 1.54. The summed E-state index contributed by atoms with van der Waals surface area (Å²) in [6, 6.07) is 0. The predicted octanol–water partition coefficient (Wildman–Crippen LogP) is 1.73. The zero-order chi connectivity index (χ0) is 17.0. The third-order valence-electron chi connectivity index (χ3n) is 5.94. The first-order valence-corrected chi connectivity index (χ1v) is 8.23. The number of hydrogen-bond acceptors (Lipinski definition) is 5. The van der Waals surface area contributed by atoms with Crippen molar-refractivity contribution in [2.24, 2.45) is 11.8 Å². The Balaban J connectivity index is 1.99. The maximum absolute atomic E-state index is 12.3. The summed E-state index contributed by atoms with van der Waals surface area (Å²) in [6.45, 7) is 7.83. The maximum atomic E-state index is 12.3. The van der Waals surface area contributed by atoms with Gasteiger partial charge in [0.2, 0.25) is 0 Å². The molecular weight excluding hydrogens is 296 g/mol. The van der Waals surface area contributed by atoms with Gasteiger partial charge in [-0.05, 0) is 44.9 Å². The molecule has 4 aliphatic rings. The lowest BCUT2D eigenvalue weighted by Gasteiger charge is -2.45. The molecule has 0 spiro atoms. The Labute approximate surface area is 137 Å². The van der Waals surface area contributed by atoms with Gasteiger partial charge in [0.25, 0.3) is 0 Å². The molecule has 1 saturated carbocycles. The van der Waals surface area contributed by atoms with Gasteiger partial charge in [0.1, 0.15) is 11.9 Å². The Bertz CT molecular complexity index is 576. The quantitative estimate of drug-likeness (QED) is 0.771. The summed E-state index contributed by atoms with van der Waals surface area (Å²) < 4.78 is 11.0. The molecule has 5 unspecified atom stereocenters. The molecule has 0 aromatic rings. The Morgan fingerprint density at radius 2 is 2.17 bits per heavy atom. The number of ether oxygens (including phenoxy) is 2. The Kier molecular flexibility index (Phi) is 3.94. The van der Waals surface area contributed by atoms with Crippen molar-refractivity contribution in [3.8, 4) is 0 Å². The molecule has 5 heteroatoms. The molecule has 128 valence electrons. The van der Waals surface area contributed by atoms with Gasteiger partial charge in [-0.2, -0.15) is 0 Å². The van der Waals surface area contributed by atoms with Gasteiger partial charge in [0, 0.05) is 12.0 Å². The lowest BCUT2D eigenvalue weighted by atomic mass is 9.70. The topological polar surface area (TPSA) is 76.0 Å². The number of carbonyl (C=O) groups excluding carboxylic acids is 1. The van der Waals surface area contributed by atoms with Gasteiger partial charge in [-0.15, -0.1) is 0 Å². The summed E-state index contributed by atoms with van der Waals surface area (Å²) in [5.41, 5.74) is -0.834. The van der Waals surface area contributed by atoms with Crippen molar-refractivity contribution < 1.29 is 24.5 Å². The van der Waals surface area contributed by atoms with E-state index in [2.05, 4.69) is 6.58 Å². The van der Waals surface area contributed by atoms with Crippen LogP contribution < -0.4 is 0 Å². The van der Waals surface area contributed by atoms with Gasteiger partial charge >= 0.3 is 0 Å². The van der Waals surface area contributed by atoms with Crippen molar-refractivity contribution >= 4 is 5.78 Å². The fraction of sp³-hybridized carbons (Fsp3) is 0.722. The molecule has 2 bridgehead atoms. The van der Waals surface area contributed by atoms with Crippen LogP contribution in [0.3, 0.4) is 0 Å². The standard InChI is InChI=1S/C18H26O5/c1-10(2)11-5-6-17(3,20)12(11)7-13-16(22-4)14-8-15(19)18(13,21)9-23-14/h11-12,14,20-21H,1,5-9H2,2-4H3. The average Bonchev–Trinajstić information content (AvgIpc) is 2.77. The fourth-order valence-electron chi connectivity index (χ4n) is 4.48. The first-order chi connectivity index (χ1) is 10.7. The molecule has 0 aromatic heterocycles. The zero-order valence-corrected chi connectivity index (χ0v) is 14.1. The van der Waals surface area contributed by atoms with Crippen LogP contribution in [0.4, 0.5) is 0 Å². The van der Waals surface area contributed by atoms with Crippen LogP contribution in [0.1, 0.15) is 39.5 Å². The van der Waals surface area contributed by atoms with Crippen molar-refractivity contribution in [1.82, 2.24) is 0 Å². The van der Waals surface area contributed by atoms with E-state index in [1.165, 1.54) is 7.11 Å². The lowest BCUT2D eigenvalue weighted by molar-refractivity contribution is -0.164. The molecule has 2 N–H and O–H groups in total. The highest BCUT2D eigenvalue weighted by Crippen LogP contribution is 2.50. The van der Waals surface area contributed by atoms with E-state index in [1.54, 1.807) is 0 Å². The zero-order valence-electron chi connectivity index (χ0n) is 14.1. The number of allylic oxidation sites excluding steroid dienone is 1. The van der Waals surface area contributed by atoms with Crippen LogP contribution in [0.15, 0.2) is 23.5 Å². The Morgan fingerprint density at radius 1 is 1.48 bits per heavy atom. The minimum Gasteiger partial charge on any atom is -0.498 e. The van der Waals surface area contributed by atoms with E-state index in [0.717, 1.165) is 12.0 Å². The van der Waals surface area contributed by atoms with Crippen LogP contribution >= 0.6 is 0 Å². The van der Waals surface area contributed by atoms with Crippen molar-refractivity contribution in [3.05, 3.63) is 23.5 Å². The number of aliphatic hydroxyl groups is 2. The van der Waals surface area contributed by atoms with Crippen LogP contribution in [0.2, 0.25) is 0 Å². The largest absolute Gasteiger partial charge is 0.498 e. The van der Waals surface area contributed by atoms with Crippen LogP contribution in [0.25, 0.3) is 0 Å². The number of carbonyl (C=O) groups is 1. The van der Waals surface area contributed by atoms with Gasteiger partial charge in [-0.25, -0.2) is 0 Å². The van der Waals surface area contributed by atoms with Gasteiger partial charge in [-0.1, -0.05) is 12.2 Å². The monoisotopic (exact) mass is 322 g/mol. The van der Waals surface area contributed by atoms with E-state index in [4.69, 9.17) is 9.47 Å². The number of fused-ring (bicyclic) bond motifs is 2. The lowest BCUT2D eigenvalue weighted by Crippen LogP contribution is -2.57. The number of Topliss-reactive ketones (excluding diaryl/α,β-unsaturated/α-hetero) is 1. The highest BCUT2D eigenvalue weighted by Gasteiger charge is 2.55. The normalized spacial score (nSPS) is 43.2. The second kappa shape index (κ2) is 5.43. The summed E-state index contributed by atoms with van der Waals surface area (Å²) >= 11 is 0. The van der Waals surface area contributed by atoms with E-state index in [1.807, 2.05) is 13.8 Å². The van der Waals surface area contributed by atoms with Crippen molar-refractivity contribution in [3.63, 3.8) is 0 Å². The predicted molar refractivity (Wildman–Crippen MR) is 84.6 cm³/mol. The first-order valence-electron chi connectivity index (χ1n) is 8.23. The third kappa shape index (κ3) is 2.46. The van der Waals surface area contributed by atoms with Crippen molar-refractivity contribution in [2.75, 3.05) is 13.7 Å². The molecule has 0 aromatic carbocycles. The molecule has 2 aliphatic heterocycles. The Morgan fingerprint density at radius 3 is 2.74 bits per heavy atom. The molecule has 0 amide bonds. The maximum Gasteiger partial charge on any atom is 0.174 e. The molecule has 4 rings (SSSR count). The van der Waals surface area contributed by atoms with E-state index in [-0.39, 0.29) is 30.6 Å². The minimum absolute atomic E-state index is 0.0225. The number of rotatable bonds is 4. The van der Waals surface area contributed by atoms with E-state index in [0.29, 0.717) is 24.2 Å². The van der Waals surface area contributed by atoms with Crippen LogP contribution in [-0.2, 0) is 14.3 Å². The van der Waals surface area contributed by atoms with Gasteiger partial charge < -0.3 is 19.7 Å². The average molecular weight is 322 g/mol. The molecule has 0 radical (unpaired) electrons. The summed E-state index contributed by atoms with van der Waals surface area (Å²) in [6.07, 6.45) is 1.72. The second-order valence-electron chi connectivity index (χ2n) is 7.49. The number of hydrogen-bond donors (Lipinski definition) is 2. The molecule has 2 aliphatic carbocycles. The summed E-state index contributed by atoms with van der Waals surface area (Å²) in [4.78, 5) is 12.3. The molecule has 2 heterocycles. The minimum atomic E-state index is -1.61.